The molecule has 0 saturated heterocycles. The fourth-order valence-electron chi connectivity index (χ4n) is 2.44. The van der Waals surface area contributed by atoms with E-state index in [1.807, 2.05) is 32.9 Å². The van der Waals surface area contributed by atoms with Gasteiger partial charge in [-0.2, -0.15) is 5.10 Å². The third-order valence-corrected chi connectivity index (χ3v) is 5.14. The molecule has 1 atom stereocenters. The zero-order valence-electron chi connectivity index (χ0n) is 13.9. The molecule has 0 fully saturated rings. The standard InChI is InChI=1S/C18H16ClFN2O2S/c1-10-11(2)21-22(12(3)13-4-6-14(19)7-5-13)17(10)24-18(23)16-8-15(20)9-25-16/h4-9,12H,1-3H3. The predicted molar refractivity (Wildman–Crippen MR) is 96.2 cm³/mol. The van der Waals surface area contributed by atoms with Crippen molar-refractivity contribution < 1.29 is 13.9 Å². The number of rotatable bonds is 4. The Labute approximate surface area is 153 Å². The van der Waals surface area contributed by atoms with Crippen LogP contribution in [-0.2, 0) is 0 Å². The van der Waals surface area contributed by atoms with Crippen LogP contribution in [0.3, 0.4) is 0 Å². The van der Waals surface area contributed by atoms with Gasteiger partial charge in [0, 0.05) is 16.0 Å². The van der Waals surface area contributed by atoms with Crippen LogP contribution in [0.1, 0.15) is 39.5 Å². The molecule has 0 radical (unpaired) electrons. The highest BCUT2D eigenvalue weighted by Gasteiger charge is 2.22. The molecule has 3 aromatic rings. The molecule has 1 unspecified atom stereocenters. The van der Waals surface area contributed by atoms with Gasteiger partial charge >= 0.3 is 5.97 Å². The number of hydrogen-bond donors (Lipinski definition) is 0. The van der Waals surface area contributed by atoms with Crippen LogP contribution in [0.25, 0.3) is 0 Å². The number of carbonyl (C=O) groups is 1. The zero-order valence-corrected chi connectivity index (χ0v) is 15.5. The van der Waals surface area contributed by atoms with Gasteiger partial charge in [0.25, 0.3) is 0 Å². The Morgan fingerprint density at radius 1 is 1.32 bits per heavy atom. The number of thiophene rings is 1. The van der Waals surface area contributed by atoms with Gasteiger partial charge in [0.15, 0.2) is 0 Å². The largest absolute Gasteiger partial charge is 0.403 e. The minimum absolute atomic E-state index is 0.160. The molecule has 2 aromatic heterocycles. The first-order chi connectivity index (χ1) is 11.9. The van der Waals surface area contributed by atoms with Crippen molar-refractivity contribution >= 4 is 28.9 Å². The maximum atomic E-state index is 13.1. The van der Waals surface area contributed by atoms with E-state index in [-0.39, 0.29) is 10.9 Å². The van der Waals surface area contributed by atoms with Crippen LogP contribution in [0, 0.1) is 19.7 Å². The van der Waals surface area contributed by atoms with Crippen LogP contribution in [0.4, 0.5) is 4.39 Å². The van der Waals surface area contributed by atoms with Crippen molar-refractivity contribution in [1.29, 1.82) is 0 Å². The Hall–Kier alpha value is -2.18. The van der Waals surface area contributed by atoms with Crippen LogP contribution in [0.5, 0.6) is 5.88 Å². The van der Waals surface area contributed by atoms with Gasteiger partial charge in [-0.25, -0.2) is 13.9 Å². The van der Waals surface area contributed by atoms with Crippen molar-refractivity contribution in [3.63, 3.8) is 0 Å². The van der Waals surface area contributed by atoms with Gasteiger partial charge < -0.3 is 4.74 Å². The summed E-state index contributed by atoms with van der Waals surface area (Å²) in [5.41, 5.74) is 2.51. The molecule has 0 aliphatic carbocycles. The quantitative estimate of drug-likeness (QED) is 0.587. The third-order valence-electron chi connectivity index (χ3n) is 4.01. The zero-order chi connectivity index (χ0) is 18.1. The van der Waals surface area contributed by atoms with Gasteiger partial charge in [-0.15, -0.1) is 11.3 Å². The predicted octanol–water partition coefficient (Wildman–Crippen LogP) is 5.18. The van der Waals surface area contributed by atoms with E-state index in [1.54, 1.807) is 16.8 Å². The monoisotopic (exact) mass is 378 g/mol. The Morgan fingerprint density at radius 2 is 2.00 bits per heavy atom. The molecule has 0 aliphatic rings. The Kier molecular flexibility index (Phi) is 4.92. The normalized spacial score (nSPS) is 12.2. The number of halogens is 2. The summed E-state index contributed by atoms with van der Waals surface area (Å²) in [6, 6.07) is 8.41. The Morgan fingerprint density at radius 3 is 2.60 bits per heavy atom. The number of benzene rings is 1. The second-order valence-corrected chi connectivity index (χ2v) is 7.05. The third kappa shape index (κ3) is 3.60. The average Bonchev–Trinajstić information content (AvgIpc) is 3.14. The van der Waals surface area contributed by atoms with Crippen LogP contribution in [0.15, 0.2) is 35.7 Å². The second-order valence-electron chi connectivity index (χ2n) is 5.71. The fourth-order valence-corrected chi connectivity index (χ4v) is 3.19. The van der Waals surface area contributed by atoms with Gasteiger partial charge in [0.05, 0.1) is 11.7 Å². The van der Waals surface area contributed by atoms with Crippen LogP contribution < -0.4 is 4.74 Å². The number of aromatic nitrogens is 2. The summed E-state index contributed by atoms with van der Waals surface area (Å²) < 4.78 is 20.4. The van der Waals surface area contributed by atoms with E-state index in [2.05, 4.69) is 5.10 Å². The SMILES string of the molecule is Cc1nn(C(C)c2ccc(Cl)cc2)c(OC(=O)c2cc(F)cs2)c1C. The molecule has 0 N–H and O–H groups in total. The Balaban J connectivity index is 1.94. The molecule has 7 heteroatoms. The number of nitrogens with zero attached hydrogens (tertiary/aromatic N) is 2. The van der Waals surface area contributed by atoms with Gasteiger partial charge in [0.2, 0.25) is 5.88 Å². The summed E-state index contributed by atoms with van der Waals surface area (Å²) >= 11 is 6.95. The highest BCUT2D eigenvalue weighted by Crippen LogP contribution is 2.30. The van der Waals surface area contributed by atoms with E-state index in [0.29, 0.717) is 10.9 Å². The van der Waals surface area contributed by atoms with Gasteiger partial charge in [0.1, 0.15) is 10.7 Å². The molecule has 3 rings (SSSR count). The second kappa shape index (κ2) is 6.98. The van der Waals surface area contributed by atoms with E-state index >= 15 is 0 Å². The van der Waals surface area contributed by atoms with Crippen molar-refractivity contribution in [1.82, 2.24) is 9.78 Å². The summed E-state index contributed by atoms with van der Waals surface area (Å²) in [7, 11) is 0. The number of carbonyl (C=O) groups excluding carboxylic acids is 1. The first kappa shape index (κ1) is 17.6. The molecule has 1 aromatic carbocycles. The number of esters is 1. The maximum Gasteiger partial charge on any atom is 0.355 e. The number of hydrogen-bond acceptors (Lipinski definition) is 4. The molecule has 0 saturated carbocycles. The molecular formula is C18H16ClFN2O2S. The molecule has 0 spiro atoms. The van der Waals surface area contributed by atoms with Crippen LogP contribution >= 0.6 is 22.9 Å². The number of aryl methyl sites for hydroxylation is 1. The summed E-state index contributed by atoms with van der Waals surface area (Å²) in [5.74, 6) is -0.687. The average molecular weight is 379 g/mol. The molecule has 130 valence electrons. The topological polar surface area (TPSA) is 44.1 Å². The van der Waals surface area contributed by atoms with Crippen molar-refractivity contribution in [3.05, 3.63) is 68.2 Å². The molecule has 25 heavy (non-hydrogen) atoms. The minimum Gasteiger partial charge on any atom is -0.403 e. The highest BCUT2D eigenvalue weighted by atomic mass is 35.5. The summed E-state index contributed by atoms with van der Waals surface area (Å²) in [6.07, 6.45) is 0. The summed E-state index contributed by atoms with van der Waals surface area (Å²) in [5, 5.41) is 6.41. The van der Waals surface area contributed by atoms with Gasteiger partial charge in [-0.05, 0) is 44.5 Å². The summed E-state index contributed by atoms with van der Waals surface area (Å²) in [4.78, 5) is 12.5. The maximum absolute atomic E-state index is 13.1. The van der Waals surface area contributed by atoms with E-state index in [9.17, 15) is 9.18 Å². The molecule has 2 heterocycles. The summed E-state index contributed by atoms with van der Waals surface area (Å²) in [6.45, 7) is 5.64. The lowest BCUT2D eigenvalue weighted by molar-refractivity contribution is 0.0720. The minimum atomic E-state index is -0.596. The lowest BCUT2D eigenvalue weighted by atomic mass is 10.1. The fraction of sp³-hybridized carbons (Fsp3) is 0.222. The van der Waals surface area contributed by atoms with Crippen LogP contribution in [0.2, 0.25) is 5.02 Å². The first-order valence-corrected chi connectivity index (χ1v) is 8.90. The van der Waals surface area contributed by atoms with Crippen molar-refractivity contribution in [3.8, 4) is 5.88 Å². The molecule has 0 aliphatic heterocycles. The van der Waals surface area contributed by atoms with Crippen molar-refractivity contribution in [2.45, 2.75) is 26.8 Å². The van der Waals surface area contributed by atoms with E-state index < -0.39 is 11.8 Å². The molecule has 0 amide bonds. The first-order valence-electron chi connectivity index (χ1n) is 7.64. The lowest BCUT2D eigenvalue weighted by Crippen LogP contribution is -2.15. The smallest absolute Gasteiger partial charge is 0.355 e. The lowest BCUT2D eigenvalue weighted by Gasteiger charge is -2.16. The van der Waals surface area contributed by atoms with E-state index in [0.717, 1.165) is 28.2 Å². The van der Waals surface area contributed by atoms with Gasteiger partial charge in [-0.1, -0.05) is 23.7 Å². The number of ether oxygens (including phenoxy) is 1. The van der Waals surface area contributed by atoms with E-state index in [4.69, 9.17) is 16.3 Å². The van der Waals surface area contributed by atoms with Gasteiger partial charge in [-0.3, -0.25) is 0 Å². The van der Waals surface area contributed by atoms with E-state index in [1.165, 1.54) is 11.4 Å². The Bertz CT molecular complexity index is 918. The van der Waals surface area contributed by atoms with Crippen molar-refractivity contribution in [2.24, 2.45) is 0 Å². The highest BCUT2D eigenvalue weighted by molar-refractivity contribution is 7.12. The molecule has 4 nitrogen and oxygen atoms in total. The molecular weight excluding hydrogens is 363 g/mol. The molecule has 0 bridgehead atoms. The van der Waals surface area contributed by atoms with Crippen LogP contribution in [-0.4, -0.2) is 15.7 Å². The van der Waals surface area contributed by atoms with Crippen molar-refractivity contribution in [2.75, 3.05) is 0 Å².